The molecular weight excluding hydrogens is 365 g/mol. The molecule has 1 N–H and O–H groups in total. The Morgan fingerprint density at radius 1 is 1.30 bits per heavy atom. The molecule has 1 heterocycles. The van der Waals surface area contributed by atoms with Gasteiger partial charge in [0.2, 0.25) is 0 Å². The molecule has 0 saturated carbocycles. The normalized spacial score (nSPS) is 11.5. The van der Waals surface area contributed by atoms with E-state index in [2.05, 4.69) is 15.4 Å². The van der Waals surface area contributed by atoms with E-state index in [0.29, 0.717) is 12.3 Å². The average molecular weight is 384 g/mol. The smallest absolute Gasteiger partial charge is 0.416 e. The Labute approximate surface area is 153 Å². The first-order valence-corrected chi connectivity index (χ1v) is 8.18. The molecule has 0 spiro atoms. The van der Waals surface area contributed by atoms with Gasteiger partial charge in [0.15, 0.2) is 6.61 Å². The number of rotatable bonds is 7. The van der Waals surface area contributed by atoms with Gasteiger partial charge in [-0.05, 0) is 30.5 Å². The van der Waals surface area contributed by atoms with Gasteiger partial charge in [-0.2, -0.15) is 18.3 Å². The Balaban J connectivity index is 2.11. The van der Waals surface area contributed by atoms with Crippen molar-refractivity contribution in [2.75, 3.05) is 11.9 Å². The monoisotopic (exact) mass is 384 g/mol. The standard InChI is InChI=1S/C17H19F3N4O3/c1-11(2)3-6-16(26)27-8-15(25)23-13-7-12(17(18,19)20)4-5-14(13)24-10-21-9-22-24/h4-5,7,9-11H,3,6,8H2,1-2H3,(H,23,25). The van der Waals surface area contributed by atoms with Gasteiger partial charge in [0, 0.05) is 6.42 Å². The summed E-state index contributed by atoms with van der Waals surface area (Å²) < 4.78 is 45.0. The van der Waals surface area contributed by atoms with Crippen molar-refractivity contribution in [2.24, 2.45) is 5.92 Å². The van der Waals surface area contributed by atoms with E-state index in [9.17, 15) is 22.8 Å². The Hall–Kier alpha value is -2.91. The van der Waals surface area contributed by atoms with Gasteiger partial charge >= 0.3 is 12.1 Å². The maximum atomic E-state index is 13.0. The van der Waals surface area contributed by atoms with Crippen LogP contribution in [0.3, 0.4) is 0 Å². The second-order valence-electron chi connectivity index (χ2n) is 6.21. The molecule has 146 valence electrons. The topological polar surface area (TPSA) is 86.1 Å². The fourth-order valence-corrected chi connectivity index (χ4v) is 2.16. The number of esters is 1. The predicted octanol–water partition coefficient (Wildman–Crippen LogP) is 3.20. The third-order valence-electron chi connectivity index (χ3n) is 3.55. The number of anilines is 1. The van der Waals surface area contributed by atoms with Crippen LogP contribution in [0, 0.1) is 5.92 Å². The summed E-state index contributed by atoms with van der Waals surface area (Å²) in [6.45, 7) is 3.29. The lowest BCUT2D eigenvalue weighted by atomic mass is 10.1. The van der Waals surface area contributed by atoms with Gasteiger partial charge in [-0.25, -0.2) is 9.67 Å². The minimum atomic E-state index is -4.58. The number of carbonyl (C=O) groups excluding carboxylic acids is 2. The van der Waals surface area contributed by atoms with Crippen LogP contribution in [0.2, 0.25) is 0 Å². The highest BCUT2D eigenvalue weighted by Gasteiger charge is 2.31. The van der Waals surface area contributed by atoms with Crippen LogP contribution in [0.4, 0.5) is 18.9 Å². The van der Waals surface area contributed by atoms with Crippen LogP contribution in [-0.4, -0.2) is 33.2 Å². The zero-order chi connectivity index (χ0) is 20.0. The van der Waals surface area contributed by atoms with Crippen molar-refractivity contribution in [3.63, 3.8) is 0 Å². The Morgan fingerprint density at radius 3 is 2.63 bits per heavy atom. The summed E-state index contributed by atoms with van der Waals surface area (Å²) in [6.07, 6.45) is -1.31. The van der Waals surface area contributed by atoms with E-state index in [-0.39, 0.29) is 17.8 Å². The molecule has 0 radical (unpaired) electrons. The molecule has 10 heteroatoms. The number of amides is 1. The highest BCUT2D eigenvalue weighted by molar-refractivity contribution is 5.94. The average Bonchev–Trinajstić information content (AvgIpc) is 3.11. The van der Waals surface area contributed by atoms with Crippen LogP contribution in [0.25, 0.3) is 5.69 Å². The van der Waals surface area contributed by atoms with Gasteiger partial charge < -0.3 is 10.1 Å². The molecule has 0 unspecified atom stereocenters. The largest absolute Gasteiger partial charge is 0.456 e. The third kappa shape index (κ3) is 6.08. The van der Waals surface area contributed by atoms with Gasteiger partial charge in [-0.1, -0.05) is 13.8 Å². The highest BCUT2D eigenvalue weighted by atomic mass is 19.4. The van der Waals surface area contributed by atoms with Crippen LogP contribution < -0.4 is 5.32 Å². The van der Waals surface area contributed by atoms with E-state index in [1.807, 2.05) is 13.8 Å². The highest BCUT2D eigenvalue weighted by Crippen LogP contribution is 2.33. The molecule has 2 rings (SSSR count). The summed E-state index contributed by atoms with van der Waals surface area (Å²) in [5, 5.41) is 6.18. The lowest BCUT2D eigenvalue weighted by Gasteiger charge is -2.14. The summed E-state index contributed by atoms with van der Waals surface area (Å²) in [7, 11) is 0. The van der Waals surface area contributed by atoms with Gasteiger partial charge in [0.1, 0.15) is 12.7 Å². The molecular formula is C17H19F3N4O3. The summed E-state index contributed by atoms with van der Waals surface area (Å²) in [5.41, 5.74) is -0.867. The van der Waals surface area contributed by atoms with Gasteiger partial charge in [-0.3, -0.25) is 9.59 Å². The second kappa shape index (κ2) is 8.65. The van der Waals surface area contributed by atoms with Crippen molar-refractivity contribution in [3.05, 3.63) is 36.4 Å². The predicted molar refractivity (Wildman–Crippen MR) is 90.0 cm³/mol. The van der Waals surface area contributed by atoms with Gasteiger partial charge in [0.05, 0.1) is 16.9 Å². The van der Waals surface area contributed by atoms with E-state index >= 15 is 0 Å². The van der Waals surface area contributed by atoms with E-state index in [4.69, 9.17) is 4.74 Å². The summed E-state index contributed by atoms with van der Waals surface area (Å²) in [6, 6.07) is 2.83. The minimum Gasteiger partial charge on any atom is -0.456 e. The first-order valence-electron chi connectivity index (χ1n) is 8.18. The molecule has 0 saturated heterocycles. The summed E-state index contributed by atoms with van der Waals surface area (Å²) >= 11 is 0. The molecule has 1 aromatic carbocycles. The zero-order valence-corrected chi connectivity index (χ0v) is 14.8. The molecule has 0 bridgehead atoms. The first kappa shape index (κ1) is 20.4. The van der Waals surface area contributed by atoms with E-state index in [0.717, 1.165) is 12.1 Å². The van der Waals surface area contributed by atoms with Gasteiger partial charge in [-0.15, -0.1) is 0 Å². The van der Waals surface area contributed by atoms with Crippen molar-refractivity contribution in [2.45, 2.75) is 32.9 Å². The zero-order valence-electron chi connectivity index (χ0n) is 14.8. The number of aromatic nitrogens is 3. The third-order valence-corrected chi connectivity index (χ3v) is 3.55. The first-order chi connectivity index (χ1) is 12.7. The van der Waals surface area contributed by atoms with Crippen LogP contribution in [0.15, 0.2) is 30.9 Å². The van der Waals surface area contributed by atoms with Crippen LogP contribution in [0.5, 0.6) is 0 Å². The quantitative estimate of drug-likeness (QED) is 0.741. The Morgan fingerprint density at radius 2 is 2.04 bits per heavy atom. The molecule has 2 aromatic rings. The molecule has 27 heavy (non-hydrogen) atoms. The van der Waals surface area contributed by atoms with Crippen LogP contribution >= 0.6 is 0 Å². The molecule has 1 amide bonds. The lowest BCUT2D eigenvalue weighted by Crippen LogP contribution is -2.22. The fraction of sp³-hybridized carbons (Fsp3) is 0.412. The SMILES string of the molecule is CC(C)CCC(=O)OCC(=O)Nc1cc(C(F)(F)F)ccc1-n1cncn1. The second-order valence-corrected chi connectivity index (χ2v) is 6.21. The van der Waals surface area contributed by atoms with E-state index in [1.165, 1.54) is 23.4 Å². The van der Waals surface area contributed by atoms with E-state index in [1.54, 1.807) is 0 Å². The number of nitrogens with zero attached hydrogens (tertiary/aromatic N) is 3. The molecule has 0 aliphatic carbocycles. The fourth-order valence-electron chi connectivity index (χ4n) is 2.16. The lowest BCUT2D eigenvalue weighted by molar-refractivity contribution is -0.147. The van der Waals surface area contributed by atoms with Crippen molar-refractivity contribution >= 4 is 17.6 Å². The Kier molecular flexibility index (Phi) is 6.54. The number of alkyl halides is 3. The van der Waals surface area contributed by atoms with Crippen LogP contribution in [0.1, 0.15) is 32.3 Å². The summed E-state index contributed by atoms with van der Waals surface area (Å²) in [4.78, 5) is 27.3. The van der Waals surface area contributed by atoms with Crippen molar-refractivity contribution in [1.82, 2.24) is 14.8 Å². The van der Waals surface area contributed by atoms with Gasteiger partial charge in [0.25, 0.3) is 5.91 Å². The number of carbonyl (C=O) groups is 2. The van der Waals surface area contributed by atoms with Crippen LogP contribution in [-0.2, 0) is 20.5 Å². The number of hydrogen-bond acceptors (Lipinski definition) is 5. The number of halogens is 3. The molecule has 0 aliphatic heterocycles. The molecule has 7 nitrogen and oxygen atoms in total. The minimum absolute atomic E-state index is 0.126. The van der Waals surface area contributed by atoms with Crippen molar-refractivity contribution in [3.8, 4) is 5.69 Å². The number of hydrogen-bond donors (Lipinski definition) is 1. The number of benzene rings is 1. The number of nitrogens with one attached hydrogen (secondary N) is 1. The van der Waals surface area contributed by atoms with Crippen molar-refractivity contribution < 1.29 is 27.5 Å². The molecule has 0 atom stereocenters. The Bertz CT molecular complexity index is 789. The summed E-state index contributed by atoms with van der Waals surface area (Å²) in [5.74, 6) is -0.991. The maximum absolute atomic E-state index is 13.0. The number of ether oxygens (including phenoxy) is 1. The van der Waals surface area contributed by atoms with E-state index < -0.39 is 30.2 Å². The molecule has 1 aromatic heterocycles. The van der Waals surface area contributed by atoms with Crippen molar-refractivity contribution in [1.29, 1.82) is 0 Å². The maximum Gasteiger partial charge on any atom is 0.416 e. The molecule has 0 fully saturated rings. The molecule has 0 aliphatic rings.